The number of esters is 1. The summed E-state index contributed by atoms with van der Waals surface area (Å²) in [5.74, 6) is -0.653. The molecule has 0 radical (unpaired) electrons. The standard InChI is InChI=1S/C15H19ClN2O4/c1-2-22-15(19)11-8-14(18(20)21)13(9-12(11)16)17-10-6-4-3-5-7-10/h8-10,17H,2-7H2,1H3. The Bertz CT molecular complexity index is 571. The first-order valence-corrected chi connectivity index (χ1v) is 7.82. The summed E-state index contributed by atoms with van der Waals surface area (Å²) >= 11 is 6.09. The fourth-order valence-electron chi connectivity index (χ4n) is 2.66. The highest BCUT2D eigenvalue weighted by Crippen LogP contribution is 2.33. The van der Waals surface area contributed by atoms with Crippen molar-refractivity contribution in [2.45, 2.75) is 45.1 Å². The first-order chi connectivity index (χ1) is 10.5. The number of benzene rings is 1. The molecule has 0 bridgehead atoms. The minimum Gasteiger partial charge on any atom is -0.462 e. The number of nitrogens with zero attached hydrogens (tertiary/aromatic N) is 1. The molecule has 2 rings (SSSR count). The fourth-order valence-corrected chi connectivity index (χ4v) is 2.90. The first-order valence-electron chi connectivity index (χ1n) is 7.44. The van der Waals surface area contributed by atoms with Crippen molar-refractivity contribution >= 4 is 28.9 Å². The van der Waals surface area contributed by atoms with Gasteiger partial charge in [-0.1, -0.05) is 30.9 Å². The van der Waals surface area contributed by atoms with Gasteiger partial charge in [-0.25, -0.2) is 4.79 Å². The summed E-state index contributed by atoms with van der Waals surface area (Å²) in [5, 5.41) is 14.6. The van der Waals surface area contributed by atoms with Gasteiger partial charge in [0.25, 0.3) is 5.69 Å². The van der Waals surface area contributed by atoms with Crippen molar-refractivity contribution in [1.29, 1.82) is 0 Å². The Kier molecular flexibility index (Phi) is 5.60. The number of carbonyl (C=O) groups excluding carboxylic acids is 1. The first kappa shape index (κ1) is 16.5. The Morgan fingerprint density at radius 2 is 2.09 bits per heavy atom. The molecule has 1 saturated carbocycles. The zero-order valence-electron chi connectivity index (χ0n) is 12.4. The molecule has 6 nitrogen and oxygen atoms in total. The van der Waals surface area contributed by atoms with Gasteiger partial charge in [-0.15, -0.1) is 0 Å². The lowest BCUT2D eigenvalue weighted by Crippen LogP contribution is -2.23. The summed E-state index contributed by atoms with van der Waals surface area (Å²) in [6.45, 7) is 1.85. The van der Waals surface area contributed by atoms with Gasteiger partial charge in [-0.3, -0.25) is 10.1 Å². The molecule has 1 aromatic carbocycles. The largest absolute Gasteiger partial charge is 0.462 e. The van der Waals surface area contributed by atoms with E-state index in [1.807, 2.05) is 0 Å². The van der Waals surface area contributed by atoms with Gasteiger partial charge >= 0.3 is 5.97 Å². The summed E-state index contributed by atoms with van der Waals surface area (Å²) < 4.78 is 4.87. The van der Waals surface area contributed by atoms with E-state index in [4.69, 9.17) is 16.3 Å². The molecule has 1 N–H and O–H groups in total. The van der Waals surface area contributed by atoms with Crippen LogP contribution in [0.3, 0.4) is 0 Å². The van der Waals surface area contributed by atoms with Crippen molar-refractivity contribution in [2.75, 3.05) is 11.9 Å². The van der Waals surface area contributed by atoms with Crippen molar-refractivity contribution in [3.8, 4) is 0 Å². The number of nitro benzene ring substituents is 1. The van der Waals surface area contributed by atoms with Crippen LogP contribution < -0.4 is 5.32 Å². The molecule has 22 heavy (non-hydrogen) atoms. The Morgan fingerprint density at radius 1 is 1.41 bits per heavy atom. The smallest absolute Gasteiger partial charge is 0.339 e. The molecule has 1 fully saturated rings. The van der Waals surface area contributed by atoms with E-state index in [0.717, 1.165) is 25.7 Å². The number of hydrogen-bond donors (Lipinski definition) is 1. The highest BCUT2D eigenvalue weighted by Gasteiger charge is 2.24. The van der Waals surface area contributed by atoms with E-state index in [1.165, 1.54) is 18.6 Å². The van der Waals surface area contributed by atoms with E-state index < -0.39 is 10.9 Å². The van der Waals surface area contributed by atoms with E-state index in [9.17, 15) is 14.9 Å². The summed E-state index contributed by atoms with van der Waals surface area (Å²) in [6, 6.07) is 2.84. The molecule has 0 spiro atoms. The maximum absolute atomic E-state index is 11.8. The van der Waals surface area contributed by atoms with Crippen molar-refractivity contribution < 1.29 is 14.5 Å². The lowest BCUT2D eigenvalue weighted by atomic mass is 9.95. The van der Waals surface area contributed by atoms with Crippen LogP contribution >= 0.6 is 11.6 Å². The number of nitro groups is 1. The van der Waals surface area contributed by atoms with Gasteiger partial charge in [-0.2, -0.15) is 0 Å². The van der Waals surface area contributed by atoms with Crippen LogP contribution in [-0.2, 0) is 4.74 Å². The average molecular weight is 327 g/mol. The molecule has 0 heterocycles. The minimum atomic E-state index is -0.653. The Morgan fingerprint density at radius 3 is 2.68 bits per heavy atom. The molecule has 1 aliphatic carbocycles. The van der Waals surface area contributed by atoms with Gasteiger partial charge in [0.05, 0.1) is 22.1 Å². The van der Waals surface area contributed by atoms with Crippen LogP contribution in [-0.4, -0.2) is 23.5 Å². The van der Waals surface area contributed by atoms with Crippen LogP contribution in [0.4, 0.5) is 11.4 Å². The molecule has 0 atom stereocenters. The second-order valence-electron chi connectivity index (χ2n) is 5.31. The van der Waals surface area contributed by atoms with Gasteiger partial charge in [-0.05, 0) is 25.8 Å². The molecule has 1 aliphatic rings. The molecule has 0 amide bonds. The van der Waals surface area contributed by atoms with Crippen molar-refractivity contribution in [2.24, 2.45) is 0 Å². The van der Waals surface area contributed by atoms with E-state index >= 15 is 0 Å². The third-order valence-electron chi connectivity index (χ3n) is 3.74. The quantitative estimate of drug-likeness (QED) is 0.499. The number of ether oxygens (including phenoxy) is 1. The monoisotopic (exact) mass is 326 g/mol. The van der Waals surface area contributed by atoms with Crippen LogP contribution in [0.2, 0.25) is 5.02 Å². The number of anilines is 1. The van der Waals surface area contributed by atoms with Crippen LogP contribution in [0, 0.1) is 10.1 Å². The Labute approximate surface area is 133 Å². The molecular formula is C15H19ClN2O4. The van der Waals surface area contributed by atoms with Gasteiger partial charge in [0.1, 0.15) is 5.69 Å². The van der Waals surface area contributed by atoms with E-state index in [-0.39, 0.29) is 28.9 Å². The maximum Gasteiger partial charge on any atom is 0.339 e. The molecule has 0 aromatic heterocycles. The maximum atomic E-state index is 11.8. The second-order valence-corrected chi connectivity index (χ2v) is 5.71. The van der Waals surface area contributed by atoms with Gasteiger partial charge < -0.3 is 10.1 Å². The Hall–Kier alpha value is -1.82. The molecule has 0 aliphatic heterocycles. The fraction of sp³-hybridized carbons (Fsp3) is 0.533. The zero-order valence-corrected chi connectivity index (χ0v) is 13.2. The number of nitrogens with one attached hydrogen (secondary N) is 1. The van der Waals surface area contributed by atoms with Crippen LogP contribution in [0.5, 0.6) is 0 Å². The summed E-state index contributed by atoms with van der Waals surface area (Å²) in [4.78, 5) is 22.6. The molecule has 0 saturated heterocycles. The average Bonchev–Trinajstić information content (AvgIpc) is 2.48. The van der Waals surface area contributed by atoms with Crippen LogP contribution in [0.15, 0.2) is 12.1 Å². The normalized spacial score (nSPS) is 15.4. The SMILES string of the molecule is CCOC(=O)c1cc([N+](=O)[O-])c(NC2CCCCC2)cc1Cl. The lowest BCUT2D eigenvalue weighted by molar-refractivity contribution is -0.384. The van der Waals surface area contributed by atoms with Crippen molar-refractivity contribution in [3.63, 3.8) is 0 Å². The molecule has 120 valence electrons. The van der Waals surface area contributed by atoms with Crippen molar-refractivity contribution in [1.82, 2.24) is 0 Å². The van der Waals surface area contributed by atoms with E-state index in [2.05, 4.69) is 5.32 Å². The number of carbonyl (C=O) groups is 1. The topological polar surface area (TPSA) is 81.5 Å². The third kappa shape index (κ3) is 3.88. The molecule has 1 aromatic rings. The zero-order chi connectivity index (χ0) is 16.1. The van der Waals surface area contributed by atoms with Crippen molar-refractivity contribution in [3.05, 3.63) is 32.8 Å². The second kappa shape index (κ2) is 7.45. The highest BCUT2D eigenvalue weighted by atomic mass is 35.5. The number of rotatable bonds is 5. The predicted molar refractivity (Wildman–Crippen MR) is 84.6 cm³/mol. The number of halogens is 1. The third-order valence-corrected chi connectivity index (χ3v) is 4.05. The predicted octanol–water partition coefficient (Wildman–Crippen LogP) is 4.17. The van der Waals surface area contributed by atoms with Gasteiger partial charge in [0.2, 0.25) is 0 Å². The summed E-state index contributed by atoms with van der Waals surface area (Å²) in [7, 11) is 0. The molecule has 0 unspecified atom stereocenters. The molecular weight excluding hydrogens is 308 g/mol. The van der Waals surface area contributed by atoms with Gasteiger partial charge in [0.15, 0.2) is 0 Å². The minimum absolute atomic E-state index is 0.0180. The van der Waals surface area contributed by atoms with E-state index in [1.54, 1.807) is 6.92 Å². The van der Waals surface area contributed by atoms with Crippen LogP contribution in [0.1, 0.15) is 49.4 Å². The van der Waals surface area contributed by atoms with E-state index in [0.29, 0.717) is 5.69 Å². The lowest BCUT2D eigenvalue weighted by Gasteiger charge is -2.24. The summed E-state index contributed by atoms with van der Waals surface area (Å²) in [6.07, 6.45) is 5.38. The molecule has 7 heteroatoms. The number of hydrogen-bond acceptors (Lipinski definition) is 5. The van der Waals surface area contributed by atoms with Crippen LogP contribution in [0.25, 0.3) is 0 Å². The van der Waals surface area contributed by atoms with Gasteiger partial charge in [0, 0.05) is 12.1 Å². The highest BCUT2D eigenvalue weighted by molar-refractivity contribution is 6.34. The Balaban J connectivity index is 2.30. The summed E-state index contributed by atoms with van der Waals surface area (Å²) in [5.41, 5.74) is 0.220.